The fourth-order valence-electron chi connectivity index (χ4n) is 1.90. The van der Waals surface area contributed by atoms with E-state index in [1.54, 1.807) is 24.3 Å². The Morgan fingerprint density at radius 2 is 1.48 bits per heavy atom. The molecule has 2 amide bonds. The maximum Gasteiger partial charge on any atom is 0.338 e. The van der Waals surface area contributed by atoms with Gasteiger partial charge in [0.1, 0.15) is 0 Å². The van der Waals surface area contributed by atoms with Gasteiger partial charge >= 0.3 is 11.8 Å². The number of halogens is 1. The highest BCUT2D eigenvalue weighted by molar-refractivity contribution is 9.10. The number of amides is 2. The monoisotopic (exact) mass is 393 g/mol. The third-order valence-electron chi connectivity index (χ3n) is 2.98. The zero-order valence-corrected chi connectivity index (χ0v) is 13.8. The average Bonchev–Trinajstić information content (AvgIpc) is 2.50. The van der Waals surface area contributed by atoms with E-state index in [4.69, 9.17) is 0 Å². The second kappa shape index (κ2) is 5.67. The second-order valence-corrected chi connectivity index (χ2v) is 7.19. The first kappa shape index (κ1) is 15.5. The Morgan fingerprint density at radius 3 is 2.13 bits per heavy atom. The lowest BCUT2D eigenvalue weighted by molar-refractivity contribution is -0.135. The van der Waals surface area contributed by atoms with Crippen molar-refractivity contribution in [1.29, 1.82) is 0 Å². The number of nitrogens with zero attached hydrogens (tertiary/aromatic N) is 2. The van der Waals surface area contributed by atoms with Crippen LogP contribution in [0.5, 0.6) is 0 Å². The minimum Gasteiger partial charge on any atom is -0.280 e. The van der Waals surface area contributed by atoms with E-state index in [1.165, 1.54) is 18.2 Å². The number of nitrogens with one attached hydrogen (secondary N) is 1. The molecule has 0 saturated carbocycles. The summed E-state index contributed by atoms with van der Waals surface area (Å²) in [5.41, 5.74) is 0.388. The molecule has 0 bridgehead atoms. The summed E-state index contributed by atoms with van der Waals surface area (Å²) >= 11 is 3.26. The summed E-state index contributed by atoms with van der Waals surface area (Å²) in [7, 11) is -3.85. The number of fused-ring (bicyclic) bond motifs is 1. The molecule has 0 radical (unpaired) electrons. The van der Waals surface area contributed by atoms with Crippen LogP contribution >= 0.6 is 15.9 Å². The van der Waals surface area contributed by atoms with Crippen LogP contribution in [-0.4, -0.2) is 20.2 Å². The van der Waals surface area contributed by atoms with Crippen LogP contribution < -0.4 is 15.4 Å². The molecule has 116 valence electrons. The molecule has 0 unspecified atom stereocenters. The van der Waals surface area contributed by atoms with E-state index in [-0.39, 0.29) is 15.6 Å². The van der Waals surface area contributed by atoms with Crippen molar-refractivity contribution < 1.29 is 18.0 Å². The molecular weight excluding hydrogens is 386 g/mol. The summed E-state index contributed by atoms with van der Waals surface area (Å²) < 4.78 is 28.0. The van der Waals surface area contributed by atoms with Crippen molar-refractivity contribution in [2.45, 2.75) is 4.90 Å². The van der Waals surface area contributed by atoms with Crippen molar-refractivity contribution >= 4 is 43.5 Å². The van der Waals surface area contributed by atoms with Crippen LogP contribution in [-0.2, 0) is 19.6 Å². The lowest BCUT2D eigenvalue weighted by Gasteiger charge is -2.08. The summed E-state index contributed by atoms with van der Waals surface area (Å²) in [5.74, 6) is -1.99. The van der Waals surface area contributed by atoms with E-state index in [2.05, 4.69) is 30.6 Å². The van der Waals surface area contributed by atoms with Crippen molar-refractivity contribution in [3.8, 4) is 0 Å². The normalized spacial score (nSPS) is 13.8. The molecule has 0 aliphatic carbocycles. The average molecular weight is 394 g/mol. The van der Waals surface area contributed by atoms with Gasteiger partial charge in [-0.05, 0) is 42.5 Å². The number of sulfonamides is 1. The van der Waals surface area contributed by atoms with Gasteiger partial charge in [0.2, 0.25) is 0 Å². The SMILES string of the molecule is O=C1N=c2ccc(S(=O)(=O)Nc3ccc(Br)cc3)cc2=NC1=O. The maximum atomic E-state index is 12.4. The zero-order valence-electron chi connectivity index (χ0n) is 11.4. The molecule has 1 N–H and O–H groups in total. The largest absolute Gasteiger partial charge is 0.338 e. The van der Waals surface area contributed by atoms with Gasteiger partial charge in [0.25, 0.3) is 10.0 Å². The number of benzene rings is 2. The van der Waals surface area contributed by atoms with E-state index >= 15 is 0 Å². The van der Waals surface area contributed by atoms with E-state index in [0.717, 1.165) is 4.47 Å². The highest BCUT2D eigenvalue weighted by atomic mass is 79.9. The Hall–Kier alpha value is -2.39. The van der Waals surface area contributed by atoms with Gasteiger partial charge < -0.3 is 0 Å². The molecule has 9 heteroatoms. The molecule has 1 heterocycles. The minimum absolute atomic E-state index is 0.0493. The highest BCUT2D eigenvalue weighted by Crippen LogP contribution is 2.17. The third kappa shape index (κ3) is 3.20. The van der Waals surface area contributed by atoms with Crippen LogP contribution in [0.25, 0.3) is 0 Å². The van der Waals surface area contributed by atoms with Crippen LogP contribution in [0.1, 0.15) is 0 Å². The molecular formula is C14H8BrN3O4S. The second-order valence-electron chi connectivity index (χ2n) is 4.60. The van der Waals surface area contributed by atoms with Gasteiger partial charge in [-0.2, -0.15) is 0 Å². The smallest absolute Gasteiger partial charge is 0.280 e. The number of hydrogen-bond acceptors (Lipinski definition) is 4. The molecule has 0 aromatic heterocycles. The van der Waals surface area contributed by atoms with E-state index in [1.807, 2.05) is 0 Å². The topological polar surface area (TPSA) is 105 Å². The van der Waals surface area contributed by atoms with Crippen LogP contribution in [0.2, 0.25) is 0 Å². The number of rotatable bonds is 3. The van der Waals surface area contributed by atoms with Gasteiger partial charge in [0.05, 0.1) is 15.6 Å². The molecule has 1 aliphatic rings. The number of anilines is 1. The van der Waals surface area contributed by atoms with Crippen molar-refractivity contribution in [2.24, 2.45) is 9.98 Å². The van der Waals surface area contributed by atoms with Crippen molar-refractivity contribution in [3.63, 3.8) is 0 Å². The van der Waals surface area contributed by atoms with E-state index in [0.29, 0.717) is 5.69 Å². The highest BCUT2D eigenvalue weighted by Gasteiger charge is 2.19. The Balaban J connectivity index is 2.02. The fraction of sp³-hybridized carbons (Fsp3) is 0. The Labute approximate surface area is 139 Å². The van der Waals surface area contributed by atoms with Gasteiger partial charge in [0.15, 0.2) is 0 Å². The fourth-order valence-corrected chi connectivity index (χ4v) is 3.24. The van der Waals surface area contributed by atoms with Crippen molar-refractivity contribution in [1.82, 2.24) is 0 Å². The minimum atomic E-state index is -3.85. The van der Waals surface area contributed by atoms with Gasteiger partial charge in [-0.25, -0.2) is 18.4 Å². The van der Waals surface area contributed by atoms with Crippen molar-refractivity contribution in [3.05, 3.63) is 57.7 Å². The van der Waals surface area contributed by atoms with Gasteiger partial charge in [-0.3, -0.25) is 14.3 Å². The first-order valence-electron chi connectivity index (χ1n) is 6.29. The summed E-state index contributed by atoms with van der Waals surface area (Å²) in [6.07, 6.45) is 0. The maximum absolute atomic E-state index is 12.4. The predicted molar refractivity (Wildman–Crippen MR) is 83.7 cm³/mol. The molecule has 0 atom stereocenters. The van der Waals surface area contributed by atoms with Crippen molar-refractivity contribution in [2.75, 3.05) is 4.72 Å². The first-order chi connectivity index (χ1) is 10.8. The molecule has 0 fully saturated rings. The van der Waals surface area contributed by atoms with Crippen LogP contribution in [0.15, 0.2) is 61.8 Å². The molecule has 0 saturated heterocycles. The summed E-state index contributed by atoms with van der Waals surface area (Å²) in [6.45, 7) is 0. The van der Waals surface area contributed by atoms with E-state index < -0.39 is 21.8 Å². The molecule has 2 aromatic carbocycles. The van der Waals surface area contributed by atoms with Crippen LogP contribution in [0, 0.1) is 0 Å². The Bertz CT molecular complexity index is 1050. The van der Waals surface area contributed by atoms with Gasteiger partial charge in [-0.1, -0.05) is 15.9 Å². The molecule has 2 aromatic rings. The number of hydrogen-bond donors (Lipinski definition) is 1. The van der Waals surface area contributed by atoms with Gasteiger partial charge in [-0.15, -0.1) is 0 Å². The standard InChI is InChI=1S/C14H8BrN3O4S/c15-8-1-3-9(4-2-8)18-23(21,22)10-5-6-11-12(7-10)17-14(20)13(19)16-11/h1-7,18H. The summed E-state index contributed by atoms with van der Waals surface area (Å²) in [6, 6.07) is 10.4. The number of carbonyl (C=O) groups is 2. The predicted octanol–water partition coefficient (Wildman–Crippen LogP) is 0.556. The quantitative estimate of drug-likeness (QED) is 0.768. The Morgan fingerprint density at radius 1 is 0.870 bits per heavy atom. The molecule has 23 heavy (non-hydrogen) atoms. The molecule has 7 nitrogen and oxygen atoms in total. The first-order valence-corrected chi connectivity index (χ1v) is 8.57. The lowest BCUT2D eigenvalue weighted by Crippen LogP contribution is -2.35. The molecule has 0 spiro atoms. The van der Waals surface area contributed by atoms with Crippen LogP contribution in [0.4, 0.5) is 5.69 Å². The molecule has 1 aliphatic heterocycles. The third-order valence-corrected chi connectivity index (χ3v) is 4.89. The molecule has 3 rings (SSSR count). The lowest BCUT2D eigenvalue weighted by atomic mass is 10.3. The Kier molecular flexibility index (Phi) is 3.82. The van der Waals surface area contributed by atoms with Gasteiger partial charge in [0, 0.05) is 10.2 Å². The zero-order chi connectivity index (χ0) is 16.6. The summed E-state index contributed by atoms with van der Waals surface area (Å²) in [4.78, 5) is 29.4. The number of carbonyl (C=O) groups excluding carboxylic acids is 2. The van der Waals surface area contributed by atoms with E-state index in [9.17, 15) is 18.0 Å². The summed E-state index contributed by atoms with van der Waals surface area (Å²) in [5, 5.41) is 0.213. The van der Waals surface area contributed by atoms with Crippen LogP contribution in [0.3, 0.4) is 0 Å².